The van der Waals surface area contributed by atoms with Crippen LogP contribution in [-0.2, 0) is 4.79 Å². The van der Waals surface area contributed by atoms with E-state index in [0.717, 1.165) is 0 Å². The minimum atomic E-state index is -0.812. The predicted molar refractivity (Wildman–Crippen MR) is 50.5 cm³/mol. The molecular weight excluding hydrogens is 170 g/mol. The minimum absolute atomic E-state index is 0.0122. The number of rotatable bonds is 6. The fourth-order valence-electron chi connectivity index (χ4n) is 0.927. The van der Waals surface area contributed by atoms with Crippen LogP contribution in [0.25, 0.3) is 0 Å². The third kappa shape index (κ3) is 4.85. The summed E-state index contributed by atoms with van der Waals surface area (Å²) in [6, 6.07) is -0.0122. The quantitative estimate of drug-likeness (QED) is 0.562. The van der Waals surface area contributed by atoms with E-state index in [4.69, 9.17) is 10.2 Å². The number of nitrogens with one attached hydrogen (secondary N) is 1. The van der Waals surface area contributed by atoms with Gasteiger partial charge < -0.3 is 15.5 Å². The Morgan fingerprint density at radius 1 is 1.38 bits per heavy atom. The highest BCUT2D eigenvalue weighted by atomic mass is 16.4. The van der Waals surface area contributed by atoms with Crippen LogP contribution in [0.4, 0.5) is 0 Å². The molecule has 2 atom stereocenters. The van der Waals surface area contributed by atoms with Crippen LogP contribution < -0.4 is 5.32 Å². The summed E-state index contributed by atoms with van der Waals surface area (Å²) in [5, 5.41) is 20.6. The maximum absolute atomic E-state index is 10.5. The van der Waals surface area contributed by atoms with Gasteiger partial charge in [0.15, 0.2) is 0 Å². The van der Waals surface area contributed by atoms with Gasteiger partial charge in [-0.05, 0) is 5.92 Å². The molecule has 0 aliphatic carbocycles. The Kier molecular flexibility index (Phi) is 5.66. The van der Waals surface area contributed by atoms with Crippen molar-refractivity contribution in [3.05, 3.63) is 0 Å². The zero-order valence-electron chi connectivity index (χ0n) is 8.45. The molecule has 0 rings (SSSR count). The second-order valence-corrected chi connectivity index (χ2v) is 3.68. The summed E-state index contributed by atoms with van der Waals surface area (Å²) in [6.45, 7) is 6.06. The van der Waals surface area contributed by atoms with Crippen LogP contribution in [-0.4, -0.2) is 35.4 Å². The molecule has 0 amide bonds. The van der Waals surface area contributed by atoms with Gasteiger partial charge in [-0.3, -0.25) is 4.79 Å². The second kappa shape index (κ2) is 5.94. The van der Waals surface area contributed by atoms with Crippen LogP contribution in [0.5, 0.6) is 0 Å². The number of carboxylic acid groups (broad SMARTS) is 1. The number of aliphatic hydroxyl groups excluding tert-OH is 1. The molecule has 0 heterocycles. The van der Waals surface area contributed by atoms with Crippen LogP contribution in [0, 0.1) is 11.8 Å². The number of hydrogen-bond donors (Lipinski definition) is 3. The van der Waals surface area contributed by atoms with E-state index in [0.29, 0.717) is 12.5 Å². The summed E-state index contributed by atoms with van der Waals surface area (Å²) in [5.74, 6) is -0.910. The summed E-state index contributed by atoms with van der Waals surface area (Å²) in [7, 11) is 0. The molecule has 0 aliphatic rings. The van der Waals surface area contributed by atoms with E-state index in [9.17, 15) is 4.79 Å². The van der Waals surface area contributed by atoms with E-state index in [-0.39, 0.29) is 12.6 Å². The normalized spacial score (nSPS) is 15.8. The molecule has 2 unspecified atom stereocenters. The van der Waals surface area contributed by atoms with E-state index in [1.807, 2.05) is 13.8 Å². The van der Waals surface area contributed by atoms with Crippen molar-refractivity contribution < 1.29 is 15.0 Å². The van der Waals surface area contributed by atoms with E-state index < -0.39 is 11.9 Å². The molecule has 4 heteroatoms. The molecule has 0 aromatic rings. The van der Waals surface area contributed by atoms with E-state index in [1.54, 1.807) is 6.92 Å². The van der Waals surface area contributed by atoms with Crippen molar-refractivity contribution in [1.82, 2.24) is 5.32 Å². The zero-order valence-corrected chi connectivity index (χ0v) is 8.45. The molecule has 0 saturated heterocycles. The maximum Gasteiger partial charge on any atom is 0.307 e. The first-order chi connectivity index (χ1) is 5.99. The van der Waals surface area contributed by atoms with Crippen LogP contribution in [0.1, 0.15) is 20.8 Å². The van der Waals surface area contributed by atoms with Gasteiger partial charge in [-0.1, -0.05) is 20.8 Å². The van der Waals surface area contributed by atoms with Gasteiger partial charge in [0.1, 0.15) is 0 Å². The van der Waals surface area contributed by atoms with Crippen molar-refractivity contribution in [2.75, 3.05) is 13.2 Å². The predicted octanol–water partition coefficient (Wildman–Crippen LogP) is 0.314. The highest BCUT2D eigenvalue weighted by Gasteiger charge is 2.15. The Labute approximate surface area is 79.0 Å². The van der Waals surface area contributed by atoms with Crippen molar-refractivity contribution in [3.63, 3.8) is 0 Å². The van der Waals surface area contributed by atoms with Gasteiger partial charge in [0.2, 0.25) is 0 Å². The Bertz CT molecular complexity index is 159. The SMILES string of the molecule is CC(CNC(CO)C(C)C)C(=O)O. The molecule has 0 aromatic heterocycles. The molecule has 0 saturated carbocycles. The van der Waals surface area contributed by atoms with Gasteiger partial charge in [-0.25, -0.2) is 0 Å². The first kappa shape index (κ1) is 12.4. The van der Waals surface area contributed by atoms with Crippen molar-refractivity contribution in [3.8, 4) is 0 Å². The second-order valence-electron chi connectivity index (χ2n) is 3.68. The van der Waals surface area contributed by atoms with Crippen molar-refractivity contribution in [2.24, 2.45) is 11.8 Å². The molecule has 0 fully saturated rings. The van der Waals surface area contributed by atoms with Gasteiger partial charge in [-0.15, -0.1) is 0 Å². The largest absolute Gasteiger partial charge is 0.481 e. The fraction of sp³-hybridized carbons (Fsp3) is 0.889. The summed E-state index contributed by atoms with van der Waals surface area (Å²) < 4.78 is 0. The smallest absolute Gasteiger partial charge is 0.307 e. The van der Waals surface area contributed by atoms with Gasteiger partial charge in [0, 0.05) is 12.6 Å². The van der Waals surface area contributed by atoms with Crippen LogP contribution in [0.15, 0.2) is 0 Å². The molecule has 13 heavy (non-hydrogen) atoms. The molecular formula is C9H19NO3. The molecule has 4 nitrogen and oxygen atoms in total. The van der Waals surface area contributed by atoms with Crippen molar-refractivity contribution in [1.29, 1.82) is 0 Å². The monoisotopic (exact) mass is 189 g/mol. The van der Waals surface area contributed by atoms with Crippen LogP contribution in [0.3, 0.4) is 0 Å². The number of aliphatic hydroxyl groups is 1. The maximum atomic E-state index is 10.5. The van der Waals surface area contributed by atoms with Crippen LogP contribution in [0.2, 0.25) is 0 Å². The summed E-state index contributed by atoms with van der Waals surface area (Å²) in [6.07, 6.45) is 0. The van der Waals surface area contributed by atoms with Gasteiger partial charge in [0.05, 0.1) is 12.5 Å². The first-order valence-electron chi connectivity index (χ1n) is 4.56. The zero-order chi connectivity index (χ0) is 10.4. The highest BCUT2D eigenvalue weighted by molar-refractivity contribution is 5.69. The number of carboxylic acids is 1. The summed E-state index contributed by atoms with van der Waals surface area (Å²) in [4.78, 5) is 10.5. The number of aliphatic carboxylic acids is 1. The average Bonchev–Trinajstić information content (AvgIpc) is 2.04. The fourth-order valence-corrected chi connectivity index (χ4v) is 0.927. The lowest BCUT2D eigenvalue weighted by Gasteiger charge is -2.20. The first-order valence-corrected chi connectivity index (χ1v) is 4.56. The third-order valence-electron chi connectivity index (χ3n) is 2.11. The van der Waals surface area contributed by atoms with E-state index in [2.05, 4.69) is 5.32 Å². The lowest BCUT2D eigenvalue weighted by atomic mass is 10.0. The van der Waals surface area contributed by atoms with Crippen LogP contribution >= 0.6 is 0 Å². The lowest BCUT2D eigenvalue weighted by molar-refractivity contribution is -0.141. The topological polar surface area (TPSA) is 69.6 Å². The lowest BCUT2D eigenvalue weighted by Crippen LogP contribution is -2.40. The average molecular weight is 189 g/mol. The third-order valence-corrected chi connectivity index (χ3v) is 2.11. The molecule has 3 N–H and O–H groups in total. The Morgan fingerprint density at radius 3 is 2.23 bits per heavy atom. The van der Waals surface area contributed by atoms with Gasteiger partial charge in [0.25, 0.3) is 0 Å². The molecule has 0 aromatic carbocycles. The molecule has 0 spiro atoms. The summed E-state index contributed by atoms with van der Waals surface area (Å²) >= 11 is 0. The van der Waals surface area contributed by atoms with Crippen molar-refractivity contribution >= 4 is 5.97 Å². The standard InChI is InChI=1S/C9H19NO3/c1-6(2)8(5-11)10-4-7(3)9(12)13/h6-8,10-11H,4-5H2,1-3H3,(H,12,13). The Hall–Kier alpha value is -0.610. The Morgan fingerprint density at radius 2 is 1.92 bits per heavy atom. The molecule has 0 radical (unpaired) electrons. The molecule has 78 valence electrons. The number of hydrogen-bond acceptors (Lipinski definition) is 3. The molecule has 0 aliphatic heterocycles. The number of carbonyl (C=O) groups is 1. The Balaban J connectivity index is 3.78. The van der Waals surface area contributed by atoms with Gasteiger partial charge in [-0.2, -0.15) is 0 Å². The van der Waals surface area contributed by atoms with Crippen molar-refractivity contribution in [2.45, 2.75) is 26.8 Å². The van der Waals surface area contributed by atoms with E-state index >= 15 is 0 Å². The summed E-state index contributed by atoms with van der Waals surface area (Å²) in [5.41, 5.74) is 0. The molecule has 0 bridgehead atoms. The van der Waals surface area contributed by atoms with Gasteiger partial charge >= 0.3 is 5.97 Å². The van der Waals surface area contributed by atoms with E-state index in [1.165, 1.54) is 0 Å². The minimum Gasteiger partial charge on any atom is -0.481 e. The highest BCUT2D eigenvalue weighted by Crippen LogP contribution is 2.01.